The Morgan fingerprint density at radius 2 is 2.00 bits per heavy atom. The summed E-state index contributed by atoms with van der Waals surface area (Å²) in [6.07, 6.45) is -3.43. The molecule has 0 saturated heterocycles. The van der Waals surface area contributed by atoms with Crippen LogP contribution < -0.4 is 5.32 Å². The number of halogens is 5. The predicted octanol–water partition coefficient (Wildman–Crippen LogP) is 4.44. The van der Waals surface area contributed by atoms with Gasteiger partial charge in [-0.05, 0) is 37.5 Å². The van der Waals surface area contributed by atoms with Gasteiger partial charge in [0, 0.05) is 10.5 Å². The molecule has 1 amide bonds. The van der Waals surface area contributed by atoms with Gasteiger partial charge in [-0.2, -0.15) is 13.2 Å². The van der Waals surface area contributed by atoms with E-state index in [1.807, 2.05) is 0 Å². The van der Waals surface area contributed by atoms with E-state index in [0.29, 0.717) is 17.3 Å². The van der Waals surface area contributed by atoms with Crippen molar-refractivity contribution in [2.75, 3.05) is 0 Å². The predicted molar refractivity (Wildman–Crippen MR) is 73.4 cm³/mol. The largest absolute Gasteiger partial charge is 0.391 e. The third-order valence-corrected chi connectivity index (χ3v) is 4.14. The SMILES string of the molecule is O=C(N[C@@H]1CCC[C@H](C(F)(F)F)C1)c1cc(Br)ccc1F. The van der Waals surface area contributed by atoms with Gasteiger partial charge in [-0.25, -0.2) is 4.39 Å². The highest BCUT2D eigenvalue weighted by molar-refractivity contribution is 9.10. The lowest BCUT2D eigenvalue weighted by atomic mass is 9.85. The number of benzene rings is 1. The second kappa shape index (κ2) is 6.34. The van der Waals surface area contributed by atoms with Crippen molar-refractivity contribution < 1.29 is 22.4 Å². The summed E-state index contributed by atoms with van der Waals surface area (Å²) in [6.45, 7) is 0. The third kappa shape index (κ3) is 4.18. The summed E-state index contributed by atoms with van der Waals surface area (Å²) in [6, 6.07) is 3.33. The van der Waals surface area contributed by atoms with Crippen LogP contribution in [0.5, 0.6) is 0 Å². The first-order valence-electron chi connectivity index (χ1n) is 6.60. The summed E-state index contributed by atoms with van der Waals surface area (Å²) >= 11 is 3.13. The van der Waals surface area contributed by atoms with Crippen molar-refractivity contribution >= 4 is 21.8 Å². The number of amides is 1. The summed E-state index contributed by atoms with van der Waals surface area (Å²) in [4.78, 5) is 12.0. The molecule has 1 aromatic carbocycles. The van der Waals surface area contributed by atoms with Crippen molar-refractivity contribution in [3.63, 3.8) is 0 Å². The highest BCUT2D eigenvalue weighted by atomic mass is 79.9. The van der Waals surface area contributed by atoms with Gasteiger partial charge < -0.3 is 5.32 Å². The molecule has 1 aliphatic carbocycles. The normalized spacial score (nSPS) is 22.9. The minimum Gasteiger partial charge on any atom is -0.349 e. The number of hydrogen-bond donors (Lipinski definition) is 1. The maximum absolute atomic E-state index is 13.6. The fourth-order valence-electron chi connectivity index (χ4n) is 2.55. The lowest BCUT2D eigenvalue weighted by Gasteiger charge is -2.31. The van der Waals surface area contributed by atoms with Crippen LogP contribution in [0.4, 0.5) is 17.6 Å². The fourth-order valence-corrected chi connectivity index (χ4v) is 2.91. The molecule has 0 aliphatic heterocycles. The van der Waals surface area contributed by atoms with E-state index >= 15 is 0 Å². The van der Waals surface area contributed by atoms with Crippen LogP contribution in [0.25, 0.3) is 0 Å². The Morgan fingerprint density at radius 3 is 2.67 bits per heavy atom. The van der Waals surface area contributed by atoms with Gasteiger partial charge in [0.05, 0.1) is 11.5 Å². The van der Waals surface area contributed by atoms with Crippen molar-refractivity contribution in [2.24, 2.45) is 5.92 Å². The van der Waals surface area contributed by atoms with Crippen molar-refractivity contribution in [2.45, 2.75) is 37.9 Å². The van der Waals surface area contributed by atoms with E-state index in [-0.39, 0.29) is 18.4 Å². The molecule has 0 unspecified atom stereocenters. The molecular weight excluding hydrogens is 354 g/mol. The maximum Gasteiger partial charge on any atom is 0.391 e. The van der Waals surface area contributed by atoms with E-state index < -0.39 is 29.9 Å². The van der Waals surface area contributed by atoms with Crippen LogP contribution in [0.3, 0.4) is 0 Å². The number of carbonyl (C=O) groups excluding carboxylic acids is 1. The van der Waals surface area contributed by atoms with Gasteiger partial charge >= 0.3 is 6.18 Å². The van der Waals surface area contributed by atoms with Gasteiger partial charge in [-0.3, -0.25) is 4.79 Å². The van der Waals surface area contributed by atoms with Gasteiger partial charge in [0.1, 0.15) is 5.82 Å². The van der Waals surface area contributed by atoms with Crippen LogP contribution in [0.1, 0.15) is 36.0 Å². The number of nitrogens with one attached hydrogen (secondary N) is 1. The molecule has 0 spiro atoms. The van der Waals surface area contributed by atoms with E-state index in [1.165, 1.54) is 12.1 Å². The topological polar surface area (TPSA) is 29.1 Å². The Kier molecular flexibility index (Phi) is 4.91. The highest BCUT2D eigenvalue weighted by Crippen LogP contribution is 2.37. The first-order valence-corrected chi connectivity index (χ1v) is 7.39. The lowest BCUT2D eigenvalue weighted by molar-refractivity contribution is -0.183. The summed E-state index contributed by atoms with van der Waals surface area (Å²) in [5, 5.41) is 2.51. The summed E-state index contributed by atoms with van der Waals surface area (Å²) in [5.74, 6) is -2.77. The molecule has 2 rings (SSSR count). The molecule has 0 radical (unpaired) electrons. The Hall–Kier alpha value is -1.11. The molecule has 0 bridgehead atoms. The minimum absolute atomic E-state index is 0.0844. The molecule has 0 heterocycles. The lowest BCUT2D eigenvalue weighted by Crippen LogP contribution is -2.41. The molecule has 0 aromatic heterocycles. The summed E-state index contributed by atoms with van der Waals surface area (Å²) in [7, 11) is 0. The van der Waals surface area contributed by atoms with Crippen LogP contribution in [0, 0.1) is 11.7 Å². The van der Waals surface area contributed by atoms with Gasteiger partial charge in [0.25, 0.3) is 5.91 Å². The Bertz CT molecular complexity index is 532. The maximum atomic E-state index is 13.6. The van der Waals surface area contributed by atoms with Crippen LogP contribution in [-0.4, -0.2) is 18.1 Å². The van der Waals surface area contributed by atoms with Crippen molar-refractivity contribution in [1.29, 1.82) is 0 Å². The number of carbonyl (C=O) groups is 1. The zero-order valence-corrected chi connectivity index (χ0v) is 12.6. The zero-order chi connectivity index (χ0) is 15.6. The van der Waals surface area contributed by atoms with E-state index in [4.69, 9.17) is 0 Å². The smallest absolute Gasteiger partial charge is 0.349 e. The highest BCUT2D eigenvalue weighted by Gasteiger charge is 2.42. The first-order chi connectivity index (χ1) is 9.77. The van der Waals surface area contributed by atoms with Gasteiger partial charge in [-0.15, -0.1) is 0 Å². The second-order valence-corrected chi connectivity index (χ2v) is 6.12. The Morgan fingerprint density at radius 1 is 1.29 bits per heavy atom. The molecule has 1 aliphatic rings. The fraction of sp³-hybridized carbons (Fsp3) is 0.500. The van der Waals surface area contributed by atoms with Gasteiger partial charge in [0.15, 0.2) is 0 Å². The van der Waals surface area contributed by atoms with Crippen LogP contribution in [-0.2, 0) is 0 Å². The standard InChI is InChI=1S/C14H14BrF4NO/c15-9-4-5-12(16)11(7-9)13(21)20-10-3-1-2-8(6-10)14(17,18)19/h4-5,7-8,10H,1-3,6H2,(H,20,21)/t8-,10+/m0/s1. The van der Waals surface area contributed by atoms with Crippen molar-refractivity contribution in [3.05, 3.63) is 34.1 Å². The molecular formula is C14H14BrF4NO. The average Bonchev–Trinajstić information content (AvgIpc) is 2.41. The monoisotopic (exact) mass is 367 g/mol. The first kappa shape index (κ1) is 16.3. The van der Waals surface area contributed by atoms with Crippen molar-refractivity contribution in [1.82, 2.24) is 5.32 Å². The van der Waals surface area contributed by atoms with E-state index in [2.05, 4.69) is 21.2 Å². The molecule has 21 heavy (non-hydrogen) atoms. The molecule has 2 nitrogen and oxygen atoms in total. The molecule has 2 atom stereocenters. The van der Waals surface area contributed by atoms with E-state index in [0.717, 1.165) is 6.07 Å². The molecule has 1 saturated carbocycles. The Balaban J connectivity index is 2.04. The molecule has 116 valence electrons. The molecule has 7 heteroatoms. The zero-order valence-electron chi connectivity index (χ0n) is 11.0. The second-order valence-electron chi connectivity index (χ2n) is 5.20. The number of hydrogen-bond acceptors (Lipinski definition) is 1. The minimum atomic E-state index is -4.25. The van der Waals surface area contributed by atoms with Crippen LogP contribution in [0.15, 0.2) is 22.7 Å². The molecule has 1 N–H and O–H groups in total. The van der Waals surface area contributed by atoms with E-state index in [1.54, 1.807) is 0 Å². The number of rotatable bonds is 2. The molecule has 1 fully saturated rings. The molecule has 1 aromatic rings. The average molecular weight is 368 g/mol. The quantitative estimate of drug-likeness (QED) is 0.769. The van der Waals surface area contributed by atoms with E-state index in [9.17, 15) is 22.4 Å². The number of alkyl halides is 3. The van der Waals surface area contributed by atoms with Crippen LogP contribution >= 0.6 is 15.9 Å². The third-order valence-electron chi connectivity index (χ3n) is 3.65. The Labute approximate surface area is 128 Å². The summed E-state index contributed by atoms with van der Waals surface area (Å²) < 4.78 is 52.3. The van der Waals surface area contributed by atoms with Crippen LogP contribution in [0.2, 0.25) is 0 Å². The van der Waals surface area contributed by atoms with Gasteiger partial charge in [0.2, 0.25) is 0 Å². The van der Waals surface area contributed by atoms with Gasteiger partial charge in [-0.1, -0.05) is 22.4 Å². The van der Waals surface area contributed by atoms with Crippen molar-refractivity contribution in [3.8, 4) is 0 Å². The summed E-state index contributed by atoms with van der Waals surface area (Å²) in [5.41, 5.74) is -0.168.